The van der Waals surface area contributed by atoms with Crippen LogP contribution in [0, 0.1) is 0 Å². The quantitative estimate of drug-likeness (QED) is 0.439. The molecule has 0 saturated heterocycles. The van der Waals surface area contributed by atoms with Gasteiger partial charge in [-0.25, -0.2) is 0 Å². The normalized spacial score (nSPS) is 17.1. The monoisotopic (exact) mass is 338 g/mol. The maximum atomic E-state index is 2.27. The number of allylic oxidation sites excluding steroid dienone is 4. The molecule has 0 amide bonds. The Labute approximate surface area is 129 Å². The fourth-order valence-corrected chi connectivity index (χ4v) is 1.99. The van der Waals surface area contributed by atoms with E-state index in [-0.39, 0.29) is 19.5 Å². The molecule has 0 radical (unpaired) electrons. The van der Waals surface area contributed by atoms with Crippen LogP contribution >= 0.6 is 0 Å². The molecule has 1 aliphatic rings. The van der Waals surface area contributed by atoms with Gasteiger partial charge in [0.15, 0.2) is 0 Å². The number of benzene rings is 2. The summed E-state index contributed by atoms with van der Waals surface area (Å²) in [4.78, 5) is 0. The van der Waals surface area contributed by atoms with Crippen LogP contribution in [-0.4, -0.2) is 0 Å². The van der Waals surface area contributed by atoms with Crippen molar-refractivity contribution in [3.63, 3.8) is 0 Å². The first-order valence-electron chi connectivity index (χ1n) is 6.70. The van der Waals surface area contributed by atoms with Crippen LogP contribution in [0.2, 0.25) is 0 Å². The molecule has 0 atom stereocenters. The van der Waals surface area contributed by atoms with E-state index < -0.39 is 0 Å². The molecule has 0 spiro atoms. The molecule has 0 saturated carbocycles. The van der Waals surface area contributed by atoms with E-state index in [1.807, 2.05) is 0 Å². The Morgan fingerprint density at radius 2 is 0.737 bits per heavy atom. The van der Waals surface area contributed by atoms with Crippen molar-refractivity contribution in [2.75, 3.05) is 0 Å². The van der Waals surface area contributed by atoms with Gasteiger partial charge in [0.2, 0.25) is 0 Å². The second-order valence-electron chi connectivity index (χ2n) is 4.44. The minimum absolute atomic E-state index is 0. The van der Waals surface area contributed by atoms with Gasteiger partial charge in [-0.2, -0.15) is 0 Å². The van der Waals surface area contributed by atoms with E-state index in [0.29, 0.717) is 0 Å². The van der Waals surface area contributed by atoms with E-state index in [1.165, 1.54) is 36.5 Å². The standard InChI is InChI=1S/C10H8.C8H12.Ru/c1-2-6-10-8-4-3-7-9(10)5-1;1-2-4-6-8-7-5-3-1;/h1-8H;1-2,7-8H,3-6H2;/b;2-1-,8-7-;. The fourth-order valence-electron chi connectivity index (χ4n) is 1.99. The molecule has 0 N–H and O–H groups in total. The molecule has 0 aromatic heterocycles. The zero-order chi connectivity index (χ0) is 12.5. The second-order valence-corrected chi connectivity index (χ2v) is 4.44. The Hall–Kier alpha value is -1.20. The van der Waals surface area contributed by atoms with Gasteiger partial charge >= 0.3 is 0 Å². The smallest absolute Gasteiger partial charge is 0 e. The van der Waals surface area contributed by atoms with Crippen molar-refractivity contribution in [3.05, 3.63) is 72.8 Å². The molecular formula is C18H20Ru. The summed E-state index contributed by atoms with van der Waals surface area (Å²) in [5.74, 6) is 0. The summed E-state index contributed by atoms with van der Waals surface area (Å²) in [5.41, 5.74) is 0. The first-order chi connectivity index (χ1) is 8.97. The summed E-state index contributed by atoms with van der Waals surface area (Å²) in [6.07, 6.45) is 14.0. The van der Waals surface area contributed by atoms with E-state index in [1.54, 1.807) is 0 Å². The van der Waals surface area contributed by atoms with Crippen LogP contribution in [0.5, 0.6) is 0 Å². The number of hydrogen-bond donors (Lipinski definition) is 0. The first kappa shape index (κ1) is 15.9. The minimum atomic E-state index is 0. The van der Waals surface area contributed by atoms with Crippen molar-refractivity contribution in [1.82, 2.24) is 0 Å². The van der Waals surface area contributed by atoms with Gasteiger partial charge in [0.25, 0.3) is 0 Å². The van der Waals surface area contributed by atoms with Crippen LogP contribution in [0.25, 0.3) is 10.8 Å². The maximum absolute atomic E-state index is 2.27. The van der Waals surface area contributed by atoms with E-state index in [4.69, 9.17) is 0 Å². The van der Waals surface area contributed by atoms with Crippen molar-refractivity contribution >= 4 is 10.8 Å². The number of fused-ring (bicyclic) bond motifs is 1. The van der Waals surface area contributed by atoms with Crippen molar-refractivity contribution in [1.29, 1.82) is 0 Å². The molecule has 1 heteroatoms. The molecule has 1 aliphatic carbocycles. The van der Waals surface area contributed by atoms with Gasteiger partial charge in [-0.1, -0.05) is 72.8 Å². The van der Waals surface area contributed by atoms with E-state index in [0.717, 1.165) is 0 Å². The Morgan fingerprint density at radius 1 is 0.474 bits per heavy atom. The molecule has 0 unspecified atom stereocenters. The van der Waals surface area contributed by atoms with Crippen molar-refractivity contribution < 1.29 is 19.5 Å². The van der Waals surface area contributed by atoms with Crippen LogP contribution in [0.1, 0.15) is 25.7 Å². The summed E-state index contributed by atoms with van der Waals surface area (Å²) in [7, 11) is 0. The third-order valence-electron chi connectivity index (χ3n) is 2.99. The van der Waals surface area contributed by atoms with Crippen LogP contribution < -0.4 is 0 Å². The summed E-state index contributed by atoms with van der Waals surface area (Å²) < 4.78 is 0. The van der Waals surface area contributed by atoms with Gasteiger partial charge in [-0.05, 0) is 36.5 Å². The van der Waals surface area contributed by atoms with Gasteiger partial charge in [0, 0.05) is 19.5 Å². The maximum Gasteiger partial charge on any atom is 0 e. The van der Waals surface area contributed by atoms with Crippen molar-refractivity contribution in [2.24, 2.45) is 0 Å². The Balaban J connectivity index is 0.000000185. The molecular weight excluding hydrogens is 317 g/mol. The van der Waals surface area contributed by atoms with E-state index in [9.17, 15) is 0 Å². The summed E-state index contributed by atoms with van der Waals surface area (Å²) in [6, 6.07) is 16.7. The average Bonchev–Trinajstić information content (AvgIpc) is 2.39. The average molecular weight is 337 g/mol. The molecule has 2 aromatic rings. The van der Waals surface area contributed by atoms with Crippen LogP contribution in [0.3, 0.4) is 0 Å². The largest absolute Gasteiger partial charge is 0.0882 e. The van der Waals surface area contributed by atoms with Crippen molar-refractivity contribution in [3.8, 4) is 0 Å². The predicted molar refractivity (Wildman–Crippen MR) is 80.7 cm³/mol. The van der Waals surface area contributed by atoms with E-state index >= 15 is 0 Å². The molecule has 3 rings (SSSR count). The van der Waals surface area contributed by atoms with E-state index in [2.05, 4.69) is 72.8 Å². The first-order valence-corrected chi connectivity index (χ1v) is 6.70. The molecule has 0 bridgehead atoms. The fraction of sp³-hybridized carbons (Fsp3) is 0.222. The molecule has 0 nitrogen and oxygen atoms in total. The zero-order valence-corrected chi connectivity index (χ0v) is 12.8. The van der Waals surface area contributed by atoms with Gasteiger partial charge in [0.1, 0.15) is 0 Å². The molecule has 19 heavy (non-hydrogen) atoms. The summed E-state index contributed by atoms with van der Waals surface area (Å²) in [5, 5.41) is 2.62. The summed E-state index contributed by atoms with van der Waals surface area (Å²) in [6.45, 7) is 0. The molecule has 0 aliphatic heterocycles. The third kappa shape index (κ3) is 5.99. The second kappa shape index (κ2) is 9.70. The van der Waals surface area contributed by atoms with Gasteiger partial charge < -0.3 is 0 Å². The minimum Gasteiger partial charge on any atom is -0.0882 e. The zero-order valence-electron chi connectivity index (χ0n) is 11.1. The topological polar surface area (TPSA) is 0 Å². The number of rotatable bonds is 0. The van der Waals surface area contributed by atoms with Crippen LogP contribution in [0.15, 0.2) is 72.8 Å². The van der Waals surface area contributed by atoms with Gasteiger partial charge in [-0.3, -0.25) is 0 Å². The SMILES string of the molecule is C1=C\CC/C=C\CC/1.[Ru].c1ccc2ccccc2c1. The Kier molecular flexibility index (Phi) is 8.09. The van der Waals surface area contributed by atoms with Crippen LogP contribution in [-0.2, 0) is 19.5 Å². The Morgan fingerprint density at radius 3 is 1.00 bits per heavy atom. The molecule has 2 aromatic carbocycles. The predicted octanol–water partition coefficient (Wildman–Crippen LogP) is 5.51. The van der Waals surface area contributed by atoms with Crippen molar-refractivity contribution in [2.45, 2.75) is 25.7 Å². The van der Waals surface area contributed by atoms with Crippen LogP contribution in [0.4, 0.5) is 0 Å². The molecule has 100 valence electrons. The molecule has 0 heterocycles. The number of hydrogen-bond acceptors (Lipinski definition) is 0. The summed E-state index contributed by atoms with van der Waals surface area (Å²) >= 11 is 0. The molecule has 0 fully saturated rings. The third-order valence-corrected chi connectivity index (χ3v) is 2.99. The van der Waals surface area contributed by atoms with Gasteiger partial charge in [0.05, 0.1) is 0 Å². The van der Waals surface area contributed by atoms with Gasteiger partial charge in [-0.15, -0.1) is 0 Å². The Bertz CT molecular complexity index is 434.